The molecule has 0 aliphatic carbocycles. The summed E-state index contributed by atoms with van der Waals surface area (Å²) >= 11 is 0. The van der Waals surface area contributed by atoms with Gasteiger partial charge in [-0.2, -0.15) is 0 Å². The van der Waals surface area contributed by atoms with Crippen molar-refractivity contribution in [1.29, 1.82) is 0 Å². The summed E-state index contributed by atoms with van der Waals surface area (Å²) in [6.45, 7) is 10.1. The lowest BCUT2D eigenvalue weighted by Gasteiger charge is -2.32. The average Bonchev–Trinajstić information content (AvgIpc) is 3.46. The molecule has 0 bridgehead atoms. The Morgan fingerprint density at radius 2 is 1.10 bits per heavy atom. The molecule has 2 aliphatic heterocycles. The summed E-state index contributed by atoms with van der Waals surface area (Å²) in [6, 6.07) is 21.5. The van der Waals surface area contributed by atoms with E-state index < -0.39 is 5.41 Å². The molecule has 0 N–H and O–H groups in total. The molecule has 0 saturated heterocycles. The molecule has 4 heteroatoms. The third-order valence-electron chi connectivity index (χ3n) is 6.40. The van der Waals surface area contributed by atoms with E-state index in [-0.39, 0.29) is 12.1 Å². The van der Waals surface area contributed by atoms with Crippen LogP contribution in [0, 0.1) is 17.3 Å². The van der Waals surface area contributed by atoms with Crippen LogP contribution in [0.5, 0.6) is 0 Å². The molecule has 0 aromatic heterocycles. The molecule has 0 unspecified atom stereocenters. The third-order valence-corrected chi connectivity index (χ3v) is 6.40. The topological polar surface area (TPSA) is 43.2 Å². The fourth-order valence-electron chi connectivity index (χ4n) is 4.33. The number of ether oxygens (including phenoxy) is 2. The summed E-state index contributed by atoms with van der Waals surface area (Å²) in [7, 11) is 0. The van der Waals surface area contributed by atoms with Crippen LogP contribution in [-0.4, -0.2) is 37.1 Å². The van der Waals surface area contributed by atoms with Gasteiger partial charge in [-0.1, -0.05) is 88.4 Å². The van der Waals surface area contributed by atoms with Crippen LogP contribution in [0.3, 0.4) is 0 Å². The SMILES string of the molecule is CC(C)[C@@H]1COC(C(Cc2ccccc2)(Cc2ccccc2)C2=N[C@H](C(C)C)CO2)=N1. The van der Waals surface area contributed by atoms with Gasteiger partial charge in [0, 0.05) is 0 Å². The molecule has 2 atom stereocenters. The van der Waals surface area contributed by atoms with Gasteiger partial charge in [0.1, 0.15) is 18.6 Å². The standard InChI is InChI=1S/C27H34N2O2/c1-19(2)23-17-30-25(28-23)27(15-21-11-7-5-8-12-21,16-22-13-9-6-10-14-22)26-29-24(18-31-26)20(3)4/h5-14,19-20,23-24H,15-18H2,1-4H3/t23-,24-/m0/s1. The molecule has 2 aliphatic rings. The van der Waals surface area contributed by atoms with Crippen LogP contribution in [0.4, 0.5) is 0 Å². The van der Waals surface area contributed by atoms with Crippen LogP contribution in [0.1, 0.15) is 38.8 Å². The van der Waals surface area contributed by atoms with E-state index in [0.717, 1.165) is 24.6 Å². The zero-order valence-corrected chi connectivity index (χ0v) is 19.1. The molecule has 31 heavy (non-hydrogen) atoms. The largest absolute Gasteiger partial charge is 0.478 e. The summed E-state index contributed by atoms with van der Waals surface area (Å²) < 4.78 is 12.7. The van der Waals surface area contributed by atoms with E-state index in [4.69, 9.17) is 19.5 Å². The summed E-state index contributed by atoms with van der Waals surface area (Å²) in [6.07, 6.45) is 1.49. The second kappa shape index (κ2) is 9.25. The Morgan fingerprint density at radius 3 is 1.42 bits per heavy atom. The van der Waals surface area contributed by atoms with Crippen LogP contribution in [0.2, 0.25) is 0 Å². The van der Waals surface area contributed by atoms with Gasteiger partial charge in [-0.15, -0.1) is 0 Å². The van der Waals surface area contributed by atoms with Gasteiger partial charge in [0.25, 0.3) is 0 Å². The normalized spacial score (nSPS) is 21.1. The van der Waals surface area contributed by atoms with Crippen LogP contribution in [-0.2, 0) is 22.3 Å². The van der Waals surface area contributed by atoms with Gasteiger partial charge in [-0.25, -0.2) is 9.98 Å². The lowest BCUT2D eigenvalue weighted by Crippen LogP contribution is -2.44. The highest BCUT2D eigenvalue weighted by Crippen LogP contribution is 2.38. The Bertz CT molecular complexity index is 841. The summed E-state index contributed by atoms with van der Waals surface area (Å²) in [5, 5.41) is 0. The van der Waals surface area contributed by atoms with E-state index in [9.17, 15) is 0 Å². The maximum absolute atomic E-state index is 6.33. The van der Waals surface area contributed by atoms with Gasteiger partial charge in [-0.3, -0.25) is 0 Å². The van der Waals surface area contributed by atoms with Crippen molar-refractivity contribution in [3.8, 4) is 0 Å². The fourth-order valence-corrected chi connectivity index (χ4v) is 4.33. The minimum absolute atomic E-state index is 0.170. The highest BCUT2D eigenvalue weighted by molar-refractivity contribution is 6.07. The monoisotopic (exact) mass is 418 g/mol. The van der Waals surface area contributed by atoms with Crippen LogP contribution in [0.15, 0.2) is 70.6 Å². The zero-order chi connectivity index (χ0) is 21.8. The number of nitrogens with zero attached hydrogens (tertiary/aromatic N) is 2. The molecule has 4 rings (SSSR count). The molecule has 2 heterocycles. The quantitative estimate of drug-likeness (QED) is 0.579. The summed E-state index contributed by atoms with van der Waals surface area (Å²) in [5.74, 6) is 2.42. The van der Waals surface area contributed by atoms with Gasteiger partial charge >= 0.3 is 0 Å². The Kier molecular flexibility index (Phi) is 6.45. The van der Waals surface area contributed by atoms with Crippen molar-refractivity contribution in [2.45, 2.75) is 52.6 Å². The fraction of sp³-hybridized carbons (Fsp3) is 0.481. The van der Waals surface area contributed by atoms with Gasteiger partial charge < -0.3 is 9.47 Å². The molecule has 0 saturated carbocycles. The number of hydrogen-bond donors (Lipinski definition) is 0. The van der Waals surface area contributed by atoms with E-state index in [2.05, 4.69) is 88.4 Å². The van der Waals surface area contributed by atoms with Crippen molar-refractivity contribution >= 4 is 11.8 Å². The highest BCUT2D eigenvalue weighted by atomic mass is 16.5. The lowest BCUT2D eigenvalue weighted by atomic mass is 9.75. The first-order chi connectivity index (χ1) is 15.0. The van der Waals surface area contributed by atoms with Crippen molar-refractivity contribution in [1.82, 2.24) is 0 Å². The lowest BCUT2D eigenvalue weighted by molar-refractivity contribution is 0.237. The van der Waals surface area contributed by atoms with Gasteiger partial charge in [0.2, 0.25) is 0 Å². The minimum Gasteiger partial charge on any atom is -0.478 e. The van der Waals surface area contributed by atoms with E-state index in [0.29, 0.717) is 25.0 Å². The molecule has 164 valence electrons. The molecule has 4 nitrogen and oxygen atoms in total. The van der Waals surface area contributed by atoms with E-state index in [1.54, 1.807) is 0 Å². The van der Waals surface area contributed by atoms with Gasteiger partial charge in [-0.05, 0) is 35.8 Å². The number of benzene rings is 2. The number of hydrogen-bond acceptors (Lipinski definition) is 4. The molecule has 0 fully saturated rings. The van der Waals surface area contributed by atoms with Crippen molar-refractivity contribution in [3.05, 3.63) is 71.8 Å². The molecule has 2 aromatic carbocycles. The van der Waals surface area contributed by atoms with Crippen molar-refractivity contribution in [2.75, 3.05) is 13.2 Å². The van der Waals surface area contributed by atoms with Gasteiger partial charge in [0.15, 0.2) is 11.8 Å². The predicted molar refractivity (Wildman–Crippen MR) is 127 cm³/mol. The maximum atomic E-state index is 6.33. The zero-order valence-electron chi connectivity index (χ0n) is 19.1. The highest BCUT2D eigenvalue weighted by Gasteiger charge is 2.49. The average molecular weight is 419 g/mol. The van der Waals surface area contributed by atoms with Crippen molar-refractivity contribution in [3.63, 3.8) is 0 Å². The number of rotatable bonds is 8. The van der Waals surface area contributed by atoms with E-state index in [1.165, 1.54) is 11.1 Å². The van der Waals surface area contributed by atoms with E-state index >= 15 is 0 Å². The second-order valence-electron chi connectivity index (χ2n) is 9.52. The first-order valence-corrected chi connectivity index (χ1v) is 11.5. The first-order valence-electron chi connectivity index (χ1n) is 11.5. The van der Waals surface area contributed by atoms with Crippen molar-refractivity contribution in [2.24, 2.45) is 27.2 Å². The Hall–Kier alpha value is -2.62. The van der Waals surface area contributed by atoms with Crippen LogP contribution >= 0.6 is 0 Å². The van der Waals surface area contributed by atoms with E-state index in [1.807, 2.05) is 0 Å². The molecule has 0 radical (unpaired) electrons. The smallest absolute Gasteiger partial charge is 0.200 e. The van der Waals surface area contributed by atoms with Crippen LogP contribution in [0.25, 0.3) is 0 Å². The van der Waals surface area contributed by atoms with Gasteiger partial charge in [0.05, 0.1) is 12.1 Å². The summed E-state index contributed by atoms with van der Waals surface area (Å²) in [4.78, 5) is 10.2. The summed E-state index contributed by atoms with van der Waals surface area (Å²) in [5.41, 5.74) is 1.92. The molecule has 2 aromatic rings. The van der Waals surface area contributed by atoms with Crippen molar-refractivity contribution < 1.29 is 9.47 Å². The molecular weight excluding hydrogens is 384 g/mol. The first kappa shape index (κ1) is 21.6. The Labute approximate surface area is 186 Å². The minimum atomic E-state index is -0.546. The second-order valence-corrected chi connectivity index (χ2v) is 9.52. The predicted octanol–water partition coefficient (Wildman–Crippen LogP) is 5.36. The van der Waals surface area contributed by atoms with Crippen LogP contribution < -0.4 is 0 Å². The molecular formula is C27H34N2O2. The Morgan fingerprint density at radius 1 is 0.710 bits per heavy atom. The third kappa shape index (κ3) is 4.68. The Balaban J connectivity index is 1.83. The molecule has 0 spiro atoms. The number of aliphatic imine (C=N–C) groups is 2. The molecule has 0 amide bonds. The maximum Gasteiger partial charge on any atom is 0.200 e.